The Morgan fingerprint density at radius 2 is 1.77 bits per heavy atom. The fourth-order valence-corrected chi connectivity index (χ4v) is 2.16. The van der Waals surface area contributed by atoms with Gasteiger partial charge in [-0.05, 0) is 36.8 Å². The summed E-state index contributed by atoms with van der Waals surface area (Å²) in [4.78, 5) is 22.0. The van der Waals surface area contributed by atoms with E-state index in [0.717, 1.165) is 6.42 Å². The van der Waals surface area contributed by atoms with Crippen molar-refractivity contribution in [2.75, 3.05) is 6.54 Å². The van der Waals surface area contributed by atoms with Gasteiger partial charge in [-0.1, -0.05) is 38.1 Å². The molecule has 0 aliphatic heterocycles. The third-order valence-corrected chi connectivity index (χ3v) is 3.42. The summed E-state index contributed by atoms with van der Waals surface area (Å²) >= 11 is 0. The molecule has 2 amide bonds. The molecule has 0 aliphatic carbocycles. The van der Waals surface area contributed by atoms with Crippen LogP contribution in [0.15, 0.2) is 24.3 Å². The molecule has 0 saturated carbocycles. The molecule has 5 heteroatoms. The van der Waals surface area contributed by atoms with Crippen LogP contribution in [0.25, 0.3) is 0 Å². The Labute approximate surface area is 132 Å². The number of carboxylic acids is 1. The Morgan fingerprint density at radius 1 is 1.14 bits per heavy atom. The van der Waals surface area contributed by atoms with Gasteiger partial charge in [0.1, 0.15) is 0 Å². The summed E-state index contributed by atoms with van der Waals surface area (Å²) < 4.78 is 0. The lowest BCUT2D eigenvalue weighted by molar-refractivity contribution is -0.137. The van der Waals surface area contributed by atoms with Crippen molar-refractivity contribution in [1.82, 2.24) is 10.6 Å². The molecule has 0 radical (unpaired) electrons. The highest BCUT2D eigenvalue weighted by Crippen LogP contribution is 2.15. The average molecular weight is 306 g/mol. The van der Waals surface area contributed by atoms with Crippen LogP contribution in [0, 0.1) is 0 Å². The van der Waals surface area contributed by atoms with E-state index in [4.69, 9.17) is 5.11 Å². The second-order valence-electron chi connectivity index (χ2n) is 5.90. The number of hydrogen-bond acceptors (Lipinski definition) is 2. The first kappa shape index (κ1) is 18.0. The lowest BCUT2D eigenvalue weighted by atomic mass is 9.99. The maximum atomic E-state index is 11.7. The lowest BCUT2D eigenvalue weighted by Crippen LogP contribution is -2.42. The summed E-state index contributed by atoms with van der Waals surface area (Å²) in [5.41, 5.74) is 2.49. The zero-order valence-electron chi connectivity index (χ0n) is 13.6. The van der Waals surface area contributed by atoms with E-state index in [9.17, 15) is 9.59 Å². The van der Waals surface area contributed by atoms with Gasteiger partial charge in [0, 0.05) is 19.0 Å². The van der Waals surface area contributed by atoms with Gasteiger partial charge in [0.15, 0.2) is 0 Å². The van der Waals surface area contributed by atoms with Gasteiger partial charge in [-0.15, -0.1) is 0 Å². The first-order valence-electron chi connectivity index (χ1n) is 7.73. The predicted molar refractivity (Wildman–Crippen MR) is 87.1 cm³/mol. The van der Waals surface area contributed by atoms with E-state index in [0.29, 0.717) is 18.9 Å². The molecule has 1 rings (SSSR count). The third-order valence-electron chi connectivity index (χ3n) is 3.42. The van der Waals surface area contributed by atoms with Crippen LogP contribution in [-0.4, -0.2) is 29.7 Å². The summed E-state index contributed by atoms with van der Waals surface area (Å²) in [6, 6.07) is 8.20. The van der Waals surface area contributed by atoms with Gasteiger partial charge in [-0.2, -0.15) is 0 Å². The van der Waals surface area contributed by atoms with Gasteiger partial charge in [0.05, 0.1) is 0 Å². The molecular weight excluding hydrogens is 280 g/mol. The van der Waals surface area contributed by atoms with Crippen LogP contribution < -0.4 is 10.6 Å². The minimum absolute atomic E-state index is 0.0179. The molecule has 0 fully saturated rings. The third kappa shape index (κ3) is 7.11. The topological polar surface area (TPSA) is 78.4 Å². The number of benzene rings is 1. The van der Waals surface area contributed by atoms with Gasteiger partial charge < -0.3 is 15.7 Å². The van der Waals surface area contributed by atoms with Crippen LogP contribution in [0.3, 0.4) is 0 Å². The summed E-state index contributed by atoms with van der Waals surface area (Å²) in [6.45, 7) is 6.64. The molecule has 1 unspecified atom stereocenters. The Bertz CT molecular complexity index is 483. The largest absolute Gasteiger partial charge is 0.481 e. The highest BCUT2D eigenvalue weighted by Gasteiger charge is 2.08. The Morgan fingerprint density at radius 3 is 2.32 bits per heavy atom. The molecule has 1 aromatic carbocycles. The first-order chi connectivity index (χ1) is 10.4. The van der Waals surface area contributed by atoms with Crippen LogP contribution in [-0.2, 0) is 11.2 Å². The molecule has 3 N–H and O–H groups in total. The number of carbonyl (C=O) groups is 2. The fraction of sp³-hybridized carbons (Fsp3) is 0.529. The van der Waals surface area contributed by atoms with Crippen LogP contribution >= 0.6 is 0 Å². The summed E-state index contributed by atoms with van der Waals surface area (Å²) in [6.07, 6.45) is 1.27. The van der Waals surface area contributed by atoms with Gasteiger partial charge in [-0.25, -0.2) is 4.79 Å². The van der Waals surface area contributed by atoms with Crippen molar-refractivity contribution in [2.24, 2.45) is 0 Å². The molecule has 122 valence electrons. The molecule has 1 aromatic rings. The van der Waals surface area contributed by atoms with Gasteiger partial charge in [0.2, 0.25) is 0 Å². The molecule has 1 atom stereocenters. The number of aliphatic carboxylic acids is 1. The van der Waals surface area contributed by atoms with Crippen LogP contribution in [0.4, 0.5) is 4.79 Å². The smallest absolute Gasteiger partial charge is 0.315 e. The van der Waals surface area contributed by atoms with E-state index in [1.807, 2.05) is 6.92 Å². The van der Waals surface area contributed by atoms with Crippen LogP contribution in [0.5, 0.6) is 0 Å². The molecule has 22 heavy (non-hydrogen) atoms. The van der Waals surface area contributed by atoms with E-state index in [1.165, 1.54) is 11.1 Å². The fourth-order valence-electron chi connectivity index (χ4n) is 2.16. The van der Waals surface area contributed by atoms with E-state index in [2.05, 4.69) is 48.7 Å². The monoisotopic (exact) mass is 306 g/mol. The normalized spacial score (nSPS) is 12.0. The van der Waals surface area contributed by atoms with E-state index < -0.39 is 5.97 Å². The molecule has 0 aliphatic rings. The number of amides is 2. The first-order valence-corrected chi connectivity index (χ1v) is 7.73. The van der Waals surface area contributed by atoms with Crippen molar-refractivity contribution in [2.45, 2.75) is 52.0 Å². The number of nitrogens with one attached hydrogen (secondary N) is 2. The highest BCUT2D eigenvalue weighted by molar-refractivity contribution is 5.74. The predicted octanol–water partition coefficient (Wildman–Crippen LogP) is 2.91. The molecule has 0 aromatic heterocycles. The Balaban J connectivity index is 2.31. The minimum atomic E-state index is -0.847. The minimum Gasteiger partial charge on any atom is -0.481 e. The molecule has 5 nitrogen and oxygen atoms in total. The zero-order valence-corrected chi connectivity index (χ0v) is 13.6. The summed E-state index contributed by atoms with van der Waals surface area (Å²) in [5.74, 6) is -0.332. The molecular formula is C17H26N2O3. The van der Waals surface area contributed by atoms with Gasteiger partial charge in [-0.3, -0.25) is 4.79 Å². The van der Waals surface area contributed by atoms with Crippen LogP contribution in [0.1, 0.15) is 50.7 Å². The maximum Gasteiger partial charge on any atom is 0.315 e. The van der Waals surface area contributed by atoms with Crippen molar-refractivity contribution >= 4 is 12.0 Å². The second-order valence-corrected chi connectivity index (χ2v) is 5.90. The Kier molecular flexibility index (Phi) is 7.43. The Hall–Kier alpha value is -2.04. The van der Waals surface area contributed by atoms with E-state index in [1.54, 1.807) is 0 Å². The highest BCUT2D eigenvalue weighted by atomic mass is 16.4. The van der Waals surface area contributed by atoms with Gasteiger partial charge >= 0.3 is 12.0 Å². The summed E-state index contributed by atoms with van der Waals surface area (Å²) in [5, 5.41) is 14.0. The lowest BCUT2D eigenvalue weighted by Gasteiger charge is -2.15. The van der Waals surface area contributed by atoms with Crippen molar-refractivity contribution in [1.29, 1.82) is 0 Å². The van der Waals surface area contributed by atoms with Crippen molar-refractivity contribution < 1.29 is 14.7 Å². The average Bonchev–Trinajstić information content (AvgIpc) is 2.43. The number of carboxylic acid groups (broad SMARTS) is 1. The number of carbonyl (C=O) groups excluding carboxylic acids is 1. The van der Waals surface area contributed by atoms with Crippen molar-refractivity contribution in [3.8, 4) is 0 Å². The maximum absolute atomic E-state index is 11.7. The zero-order chi connectivity index (χ0) is 16.5. The second kappa shape index (κ2) is 9.07. The SMILES string of the molecule is CC(Cc1ccc(C(C)C)cc1)NC(=O)NCCCC(=O)O. The number of hydrogen-bond donors (Lipinski definition) is 3. The number of rotatable bonds is 8. The molecule has 0 heterocycles. The molecule has 0 spiro atoms. The van der Waals surface area contributed by atoms with Crippen molar-refractivity contribution in [3.63, 3.8) is 0 Å². The molecule has 0 saturated heterocycles. The van der Waals surface area contributed by atoms with Crippen molar-refractivity contribution in [3.05, 3.63) is 35.4 Å². The summed E-state index contributed by atoms with van der Waals surface area (Å²) in [7, 11) is 0. The quantitative estimate of drug-likeness (QED) is 0.646. The number of urea groups is 1. The van der Waals surface area contributed by atoms with Crippen LogP contribution in [0.2, 0.25) is 0 Å². The van der Waals surface area contributed by atoms with E-state index in [-0.39, 0.29) is 18.5 Å². The van der Waals surface area contributed by atoms with E-state index >= 15 is 0 Å². The van der Waals surface area contributed by atoms with Gasteiger partial charge in [0.25, 0.3) is 0 Å². The standard InChI is InChI=1S/C17H26N2O3/c1-12(2)15-8-6-14(7-9-15)11-13(3)19-17(22)18-10-4-5-16(20)21/h6-9,12-13H,4-5,10-11H2,1-3H3,(H,20,21)(H2,18,19,22). The molecule has 0 bridgehead atoms.